The molecule has 2 fully saturated rings. The molecule has 0 aliphatic carbocycles. The van der Waals surface area contributed by atoms with Gasteiger partial charge in [0.1, 0.15) is 11.4 Å². The van der Waals surface area contributed by atoms with Crippen molar-refractivity contribution < 1.29 is 31.2 Å². The number of halogens is 3. The minimum absolute atomic E-state index is 0.0202. The Morgan fingerprint density at radius 1 is 1.02 bits per heavy atom. The molecule has 0 unspecified atom stereocenters. The predicted molar refractivity (Wildman–Crippen MR) is 148 cm³/mol. The van der Waals surface area contributed by atoms with Crippen molar-refractivity contribution in [2.24, 2.45) is 0 Å². The van der Waals surface area contributed by atoms with Crippen LogP contribution in [0.1, 0.15) is 26.3 Å². The standard InChI is InChI=1S/C27H35F3N6O4S/c1-5-34(17-16-33-14-12-32(4)13-15-33)23-18-20(10-11-31-23)19-35-25(38)36(24(37)26(35,2)3)21-6-8-22(9-7-21)41(39,40)27(28,29)30/h6-11,18H,5,12-17,19H2,1-4H3. The van der Waals surface area contributed by atoms with Crippen molar-refractivity contribution in [3.63, 3.8) is 0 Å². The van der Waals surface area contributed by atoms with E-state index in [9.17, 15) is 31.2 Å². The number of sulfone groups is 1. The molecule has 2 saturated heterocycles. The smallest absolute Gasteiger partial charge is 0.356 e. The Morgan fingerprint density at radius 3 is 2.24 bits per heavy atom. The van der Waals surface area contributed by atoms with Gasteiger partial charge in [-0.15, -0.1) is 0 Å². The highest BCUT2D eigenvalue weighted by atomic mass is 32.2. The summed E-state index contributed by atoms with van der Waals surface area (Å²) in [6.45, 7) is 11.8. The van der Waals surface area contributed by atoms with Gasteiger partial charge in [0.25, 0.3) is 15.7 Å². The lowest BCUT2D eigenvalue weighted by Crippen LogP contribution is -2.47. The number of alkyl halides is 3. The lowest BCUT2D eigenvalue weighted by atomic mass is 10.0. The fourth-order valence-corrected chi connectivity index (χ4v) is 5.68. The zero-order chi connectivity index (χ0) is 30.2. The molecule has 2 aliphatic rings. The highest BCUT2D eigenvalue weighted by Crippen LogP contribution is 2.35. The normalized spacial score (nSPS) is 18.8. The lowest BCUT2D eigenvalue weighted by molar-refractivity contribution is -0.123. The molecule has 4 rings (SSSR count). The van der Waals surface area contributed by atoms with Crippen molar-refractivity contribution in [3.05, 3.63) is 48.2 Å². The largest absolute Gasteiger partial charge is 0.501 e. The fraction of sp³-hybridized carbons (Fsp3) is 0.519. The van der Waals surface area contributed by atoms with E-state index in [1.54, 1.807) is 26.1 Å². The topological polar surface area (TPSA) is 97.4 Å². The predicted octanol–water partition coefficient (Wildman–Crippen LogP) is 3.20. The van der Waals surface area contributed by atoms with Gasteiger partial charge in [-0.05, 0) is 69.8 Å². The number of aromatic nitrogens is 1. The summed E-state index contributed by atoms with van der Waals surface area (Å²) in [5.41, 5.74) is -5.99. The number of carbonyl (C=O) groups is 2. The maximum atomic E-state index is 13.5. The summed E-state index contributed by atoms with van der Waals surface area (Å²) in [4.78, 5) is 39.4. The minimum Gasteiger partial charge on any atom is -0.356 e. The maximum Gasteiger partial charge on any atom is 0.501 e. The summed E-state index contributed by atoms with van der Waals surface area (Å²) in [5.74, 6) is 0.179. The molecular formula is C27H35F3N6O4S. The van der Waals surface area contributed by atoms with E-state index >= 15 is 0 Å². The minimum atomic E-state index is -5.56. The molecule has 10 nitrogen and oxygen atoms in total. The monoisotopic (exact) mass is 596 g/mol. The maximum absolute atomic E-state index is 13.5. The third-order valence-electron chi connectivity index (χ3n) is 7.67. The molecule has 2 aromatic rings. The second-order valence-corrected chi connectivity index (χ2v) is 12.7. The van der Waals surface area contributed by atoms with Crippen LogP contribution < -0.4 is 9.80 Å². The van der Waals surface area contributed by atoms with E-state index in [0.717, 1.165) is 86.4 Å². The summed E-state index contributed by atoms with van der Waals surface area (Å²) in [6.07, 6.45) is 1.66. The zero-order valence-corrected chi connectivity index (χ0v) is 24.4. The van der Waals surface area contributed by atoms with Gasteiger partial charge in [0.05, 0.1) is 10.6 Å². The molecule has 0 spiro atoms. The molecule has 224 valence electrons. The Morgan fingerprint density at radius 2 is 1.66 bits per heavy atom. The molecule has 3 amide bonds. The molecule has 0 bridgehead atoms. The molecule has 1 aromatic heterocycles. The lowest BCUT2D eigenvalue weighted by Gasteiger charge is -2.34. The number of carbonyl (C=O) groups excluding carboxylic acids is 2. The fourth-order valence-electron chi connectivity index (χ4n) is 4.92. The summed E-state index contributed by atoms with van der Waals surface area (Å²) in [6, 6.07) is 6.53. The van der Waals surface area contributed by atoms with Crippen LogP contribution in [0, 0.1) is 0 Å². The molecule has 2 aliphatic heterocycles. The van der Waals surface area contributed by atoms with Crippen LogP contribution in [0.4, 0.5) is 29.5 Å². The number of amides is 3. The summed E-state index contributed by atoms with van der Waals surface area (Å²) < 4.78 is 62.2. The SMILES string of the molecule is CCN(CCN1CCN(C)CC1)c1cc(CN2C(=O)N(c3ccc(S(=O)(=O)C(F)(F)F)cc3)C(=O)C2(C)C)ccn1. The van der Waals surface area contributed by atoms with Gasteiger partial charge in [-0.25, -0.2) is 23.1 Å². The first-order valence-corrected chi connectivity index (χ1v) is 14.8. The average molecular weight is 597 g/mol. The number of pyridine rings is 1. The van der Waals surface area contributed by atoms with Gasteiger partial charge in [0.2, 0.25) is 0 Å². The molecular weight excluding hydrogens is 561 g/mol. The summed E-state index contributed by atoms with van der Waals surface area (Å²) in [7, 11) is -3.44. The Kier molecular flexibility index (Phi) is 8.67. The third kappa shape index (κ3) is 6.19. The summed E-state index contributed by atoms with van der Waals surface area (Å²) in [5, 5.41) is 0. The van der Waals surface area contributed by atoms with Crippen molar-refractivity contribution >= 4 is 33.3 Å². The number of nitrogens with zero attached hydrogens (tertiary/aromatic N) is 6. The molecule has 0 radical (unpaired) electrons. The van der Waals surface area contributed by atoms with Crippen LogP contribution in [-0.4, -0.2) is 104 Å². The van der Waals surface area contributed by atoms with E-state index in [1.165, 1.54) is 4.90 Å². The van der Waals surface area contributed by atoms with Gasteiger partial charge < -0.3 is 14.7 Å². The zero-order valence-electron chi connectivity index (χ0n) is 23.6. The van der Waals surface area contributed by atoms with E-state index in [4.69, 9.17) is 0 Å². The number of rotatable bonds is 9. The van der Waals surface area contributed by atoms with Crippen molar-refractivity contribution in [2.45, 2.75) is 43.3 Å². The average Bonchev–Trinajstić information content (AvgIpc) is 3.08. The van der Waals surface area contributed by atoms with Crippen LogP contribution in [0.5, 0.6) is 0 Å². The molecule has 3 heterocycles. The number of hydrogen-bond donors (Lipinski definition) is 0. The number of imide groups is 1. The Hall–Kier alpha value is -3.23. The first-order chi connectivity index (χ1) is 19.2. The van der Waals surface area contributed by atoms with Crippen molar-refractivity contribution in [1.29, 1.82) is 0 Å². The Bertz CT molecular complexity index is 1380. The van der Waals surface area contributed by atoms with Gasteiger partial charge >= 0.3 is 11.5 Å². The van der Waals surface area contributed by atoms with E-state index in [1.807, 2.05) is 13.0 Å². The first kappa shape index (κ1) is 30.7. The number of piperazine rings is 1. The van der Waals surface area contributed by atoms with Gasteiger partial charge in [-0.1, -0.05) is 0 Å². The molecule has 41 heavy (non-hydrogen) atoms. The van der Waals surface area contributed by atoms with E-state index < -0.39 is 37.7 Å². The highest BCUT2D eigenvalue weighted by Gasteiger charge is 2.52. The van der Waals surface area contributed by atoms with E-state index in [-0.39, 0.29) is 12.2 Å². The first-order valence-electron chi connectivity index (χ1n) is 13.3. The van der Waals surface area contributed by atoms with Crippen LogP contribution in [-0.2, 0) is 21.2 Å². The Balaban J connectivity index is 1.50. The van der Waals surface area contributed by atoms with Crippen LogP contribution in [0.15, 0.2) is 47.5 Å². The third-order valence-corrected chi connectivity index (χ3v) is 9.17. The van der Waals surface area contributed by atoms with Crippen molar-refractivity contribution in [1.82, 2.24) is 19.7 Å². The van der Waals surface area contributed by atoms with Gasteiger partial charge in [-0.2, -0.15) is 13.2 Å². The molecule has 0 saturated carbocycles. The number of urea groups is 1. The van der Waals surface area contributed by atoms with Crippen molar-refractivity contribution in [3.8, 4) is 0 Å². The molecule has 1 aromatic carbocycles. The number of anilines is 2. The number of benzene rings is 1. The van der Waals surface area contributed by atoms with Gasteiger partial charge in [-0.3, -0.25) is 9.69 Å². The van der Waals surface area contributed by atoms with Crippen LogP contribution in [0.2, 0.25) is 0 Å². The van der Waals surface area contributed by atoms with E-state index in [0.29, 0.717) is 0 Å². The van der Waals surface area contributed by atoms with Crippen LogP contribution in [0.25, 0.3) is 0 Å². The highest BCUT2D eigenvalue weighted by molar-refractivity contribution is 7.92. The number of likely N-dealkylation sites (N-methyl/N-ethyl adjacent to an activating group) is 2. The van der Waals surface area contributed by atoms with E-state index in [2.05, 4.69) is 26.7 Å². The van der Waals surface area contributed by atoms with Gasteiger partial charge in [0, 0.05) is 58.6 Å². The van der Waals surface area contributed by atoms with Crippen LogP contribution >= 0.6 is 0 Å². The van der Waals surface area contributed by atoms with Crippen molar-refractivity contribution in [2.75, 3.05) is 62.7 Å². The molecule has 14 heteroatoms. The summed E-state index contributed by atoms with van der Waals surface area (Å²) >= 11 is 0. The molecule has 0 atom stereocenters. The molecule has 0 N–H and O–H groups in total. The second-order valence-electron chi connectivity index (χ2n) is 10.8. The Labute approximate surface area is 238 Å². The van der Waals surface area contributed by atoms with Crippen LogP contribution in [0.3, 0.4) is 0 Å². The quantitative estimate of drug-likeness (QED) is 0.408. The second kappa shape index (κ2) is 11.6. The van der Waals surface area contributed by atoms with Gasteiger partial charge in [0.15, 0.2) is 0 Å². The number of hydrogen-bond acceptors (Lipinski definition) is 8.